The van der Waals surface area contributed by atoms with Crippen molar-refractivity contribution < 1.29 is 15.0 Å². The van der Waals surface area contributed by atoms with E-state index in [2.05, 4.69) is 15.4 Å². The minimum atomic E-state index is -0.601. The highest BCUT2D eigenvalue weighted by molar-refractivity contribution is 6.31. The van der Waals surface area contributed by atoms with Crippen LogP contribution in [0.2, 0.25) is 5.02 Å². The number of anilines is 1. The van der Waals surface area contributed by atoms with Gasteiger partial charge in [-0.3, -0.25) is 4.79 Å². The third-order valence-corrected chi connectivity index (χ3v) is 3.95. The number of nitrogens with zero attached hydrogens (tertiary/aromatic N) is 2. The Hall–Kier alpha value is -2.73. The number of carbonyl (C=O) groups is 1. The smallest absolute Gasteiger partial charge is 0.275 e. The van der Waals surface area contributed by atoms with Crippen LogP contribution < -0.4 is 10.3 Å². The molecular formula is C18H20ClN3O3. The van der Waals surface area contributed by atoms with Gasteiger partial charge < -0.3 is 15.1 Å². The fourth-order valence-corrected chi connectivity index (χ4v) is 2.51. The molecule has 1 amide bonds. The van der Waals surface area contributed by atoms with Crippen molar-refractivity contribution in [1.82, 2.24) is 5.43 Å². The second-order valence-electron chi connectivity index (χ2n) is 5.28. The summed E-state index contributed by atoms with van der Waals surface area (Å²) in [6, 6.07) is 9.40. The highest BCUT2D eigenvalue weighted by atomic mass is 35.5. The molecule has 2 aromatic rings. The number of carbonyl (C=O) groups excluding carboxylic acids is 1. The number of hydrogen-bond donors (Lipinski definition) is 3. The number of aromatic hydroxyl groups is 2. The van der Waals surface area contributed by atoms with Crippen molar-refractivity contribution in [3.05, 3.63) is 52.5 Å². The highest BCUT2D eigenvalue weighted by Gasteiger charge is 2.11. The summed E-state index contributed by atoms with van der Waals surface area (Å²) in [5.41, 5.74) is 3.69. The van der Waals surface area contributed by atoms with Crippen molar-refractivity contribution >= 4 is 29.4 Å². The first-order valence-electron chi connectivity index (χ1n) is 7.86. The zero-order valence-electron chi connectivity index (χ0n) is 14.0. The maximum Gasteiger partial charge on any atom is 0.275 e. The molecule has 0 bridgehead atoms. The van der Waals surface area contributed by atoms with Crippen LogP contribution in [0.3, 0.4) is 0 Å². The first-order valence-corrected chi connectivity index (χ1v) is 8.24. The van der Waals surface area contributed by atoms with Crippen molar-refractivity contribution in [3.63, 3.8) is 0 Å². The second kappa shape index (κ2) is 8.39. The van der Waals surface area contributed by atoms with Gasteiger partial charge in [0.25, 0.3) is 5.91 Å². The fraction of sp³-hybridized carbons (Fsp3) is 0.222. The molecule has 3 N–H and O–H groups in total. The van der Waals surface area contributed by atoms with Gasteiger partial charge in [-0.25, -0.2) is 5.43 Å². The molecule has 0 spiro atoms. The number of phenolic OH excluding ortho intramolecular Hbond substituents is 2. The normalized spacial score (nSPS) is 10.8. The van der Waals surface area contributed by atoms with E-state index >= 15 is 0 Å². The molecule has 2 rings (SSSR count). The number of nitrogens with one attached hydrogen (secondary N) is 1. The molecule has 2 aromatic carbocycles. The summed E-state index contributed by atoms with van der Waals surface area (Å²) >= 11 is 5.81. The number of phenols is 2. The lowest BCUT2D eigenvalue weighted by molar-refractivity contribution is 0.0952. The van der Waals surface area contributed by atoms with E-state index in [1.54, 1.807) is 12.1 Å². The van der Waals surface area contributed by atoms with E-state index < -0.39 is 5.91 Å². The van der Waals surface area contributed by atoms with Crippen LogP contribution in [0, 0.1) is 0 Å². The van der Waals surface area contributed by atoms with Crippen LogP contribution in [-0.4, -0.2) is 35.4 Å². The van der Waals surface area contributed by atoms with Crippen LogP contribution in [0.1, 0.15) is 29.8 Å². The predicted molar refractivity (Wildman–Crippen MR) is 99.8 cm³/mol. The summed E-state index contributed by atoms with van der Waals surface area (Å²) in [6.07, 6.45) is 1.33. The van der Waals surface area contributed by atoms with E-state index in [1.165, 1.54) is 24.4 Å². The van der Waals surface area contributed by atoms with Crippen LogP contribution in [-0.2, 0) is 0 Å². The Labute approximate surface area is 151 Å². The molecule has 0 unspecified atom stereocenters. The van der Waals surface area contributed by atoms with Crippen LogP contribution in [0.5, 0.6) is 11.5 Å². The monoisotopic (exact) mass is 361 g/mol. The summed E-state index contributed by atoms with van der Waals surface area (Å²) in [7, 11) is 0. The van der Waals surface area contributed by atoms with Crippen LogP contribution in [0.25, 0.3) is 0 Å². The zero-order chi connectivity index (χ0) is 18.4. The Morgan fingerprint density at radius 3 is 2.52 bits per heavy atom. The number of halogens is 1. The average molecular weight is 362 g/mol. The molecule has 0 saturated carbocycles. The standard InChI is InChI=1S/C18H20ClN3O3/c1-3-22(4-2)14-7-5-12(17(24)10-14)11-20-21-18(25)15-9-13(19)6-8-16(15)23/h5-11,23-24H,3-4H2,1-2H3,(H,21,25). The van der Waals surface area contributed by atoms with Gasteiger partial charge in [0.2, 0.25) is 0 Å². The van der Waals surface area contributed by atoms with Crippen molar-refractivity contribution in [2.24, 2.45) is 5.10 Å². The Bertz CT molecular complexity index is 789. The molecule has 0 radical (unpaired) electrons. The van der Waals surface area contributed by atoms with Crippen LogP contribution in [0.4, 0.5) is 5.69 Å². The van der Waals surface area contributed by atoms with Gasteiger partial charge >= 0.3 is 0 Å². The second-order valence-corrected chi connectivity index (χ2v) is 5.71. The highest BCUT2D eigenvalue weighted by Crippen LogP contribution is 2.24. The van der Waals surface area contributed by atoms with Gasteiger partial charge in [0.15, 0.2) is 0 Å². The van der Waals surface area contributed by atoms with Crippen LogP contribution in [0.15, 0.2) is 41.5 Å². The molecule has 0 heterocycles. The molecule has 0 aromatic heterocycles. The van der Waals surface area contributed by atoms with E-state index in [4.69, 9.17) is 11.6 Å². The van der Waals surface area contributed by atoms with Gasteiger partial charge in [-0.05, 0) is 44.2 Å². The maximum absolute atomic E-state index is 12.0. The average Bonchev–Trinajstić information content (AvgIpc) is 2.59. The molecular weight excluding hydrogens is 342 g/mol. The van der Waals surface area contributed by atoms with Gasteiger partial charge in [0.05, 0.1) is 11.8 Å². The van der Waals surface area contributed by atoms with E-state index in [9.17, 15) is 15.0 Å². The van der Waals surface area contributed by atoms with Crippen molar-refractivity contribution in [2.45, 2.75) is 13.8 Å². The van der Waals surface area contributed by atoms with Crippen LogP contribution >= 0.6 is 11.6 Å². The van der Waals surface area contributed by atoms with E-state index in [1.807, 2.05) is 19.9 Å². The molecule has 7 heteroatoms. The van der Waals surface area contributed by atoms with Gasteiger partial charge in [-0.2, -0.15) is 5.10 Å². The third-order valence-electron chi connectivity index (χ3n) is 3.72. The molecule has 0 fully saturated rings. The van der Waals surface area contributed by atoms with Gasteiger partial charge in [0, 0.05) is 35.4 Å². The third kappa shape index (κ3) is 4.64. The summed E-state index contributed by atoms with van der Waals surface area (Å²) in [6.45, 7) is 5.75. The Kier molecular flexibility index (Phi) is 6.25. The minimum Gasteiger partial charge on any atom is -0.507 e. The number of hydrazone groups is 1. The number of hydrogen-bond acceptors (Lipinski definition) is 5. The minimum absolute atomic E-state index is 0.0192. The summed E-state index contributed by atoms with van der Waals surface area (Å²) < 4.78 is 0. The Morgan fingerprint density at radius 1 is 1.16 bits per heavy atom. The number of amides is 1. The molecule has 6 nitrogen and oxygen atoms in total. The first-order chi connectivity index (χ1) is 12.0. The van der Waals surface area contributed by atoms with Crippen molar-refractivity contribution in [1.29, 1.82) is 0 Å². The maximum atomic E-state index is 12.0. The zero-order valence-corrected chi connectivity index (χ0v) is 14.8. The summed E-state index contributed by atoms with van der Waals surface area (Å²) in [4.78, 5) is 14.1. The van der Waals surface area contributed by atoms with E-state index in [0.717, 1.165) is 18.8 Å². The van der Waals surface area contributed by atoms with Gasteiger partial charge in [-0.15, -0.1) is 0 Å². The SMILES string of the molecule is CCN(CC)c1ccc(C=NNC(=O)c2cc(Cl)ccc2O)c(O)c1. The number of benzene rings is 2. The number of rotatable bonds is 6. The van der Waals surface area contributed by atoms with Gasteiger partial charge in [-0.1, -0.05) is 11.6 Å². The van der Waals surface area contributed by atoms with E-state index in [0.29, 0.717) is 10.6 Å². The Morgan fingerprint density at radius 2 is 1.88 bits per heavy atom. The van der Waals surface area contributed by atoms with E-state index in [-0.39, 0.29) is 17.1 Å². The summed E-state index contributed by atoms with van der Waals surface area (Å²) in [5.74, 6) is -0.730. The topological polar surface area (TPSA) is 85.2 Å². The predicted octanol–water partition coefficient (Wildman–Crippen LogP) is 3.36. The molecule has 0 atom stereocenters. The molecule has 0 aliphatic rings. The van der Waals surface area contributed by atoms with Gasteiger partial charge in [0.1, 0.15) is 11.5 Å². The lowest BCUT2D eigenvalue weighted by Gasteiger charge is -2.21. The first kappa shape index (κ1) is 18.6. The molecule has 0 aliphatic carbocycles. The quantitative estimate of drug-likeness (QED) is 0.544. The molecule has 25 heavy (non-hydrogen) atoms. The fourth-order valence-electron chi connectivity index (χ4n) is 2.34. The largest absolute Gasteiger partial charge is 0.507 e. The molecule has 132 valence electrons. The van der Waals surface area contributed by atoms with Crippen molar-refractivity contribution in [3.8, 4) is 11.5 Å². The molecule has 0 aliphatic heterocycles. The lowest BCUT2D eigenvalue weighted by Crippen LogP contribution is -2.21. The molecule has 0 saturated heterocycles. The lowest BCUT2D eigenvalue weighted by atomic mass is 10.2. The van der Waals surface area contributed by atoms with Crippen molar-refractivity contribution in [2.75, 3.05) is 18.0 Å². The summed E-state index contributed by atoms with van der Waals surface area (Å²) in [5, 5.41) is 23.9. The Balaban J connectivity index is 2.09.